The monoisotopic (exact) mass is 266 g/mol. The van der Waals surface area contributed by atoms with Gasteiger partial charge in [-0.1, -0.05) is 6.92 Å². The van der Waals surface area contributed by atoms with Crippen molar-refractivity contribution in [3.05, 3.63) is 0 Å². The molecule has 4 heteroatoms. The molecule has 1 amide bonds. The zero-order valence-corrected chi connectivity index (χ0v) is 11.8. The fraction of sp³-hybridized carbons (Fsp3) is 0.933. The molecule has 2 aliphatic carbocycles. The average molecular weight is 266 g/mol. The van der Waals surface area contributed by atoms with Gasteiger partial charge >= 0.3 is 0 Å². The molecular weight excluding hydrogens is 240 g/mol. The number of fused-ring (bicyclic) bond motifs is 2. The van der Waals surface area contributed by atoms with Crippen LogP contribution in [-0.4, -0.2) is 31.2 Å². The topological polar surface area (TPSA) is 64.3 Å². The summed E-state index contributed by atoms with van der Waals surface area (Å²) in [7, 11) is 0. The fourth-order valence-corrected chi connectivity index (χ4v) is 4.45. The maximum absolute atomic E-state index is 12.4. The Hall–Kier alpha value is -0.610. The molecule has 3 N–H and O–H groups in total. The van der Waals surface area contributed by atoms with Gasteiger partial charge in [0.2, 0.25) is 5.91 Å². The van der Waals surface area contributed by atoms with Crippen LogP contribution in [0.4, 0.5) is 0 Å². The highest BCUT2D eigenvalue weighted by Crippen LogP contribution is 2.47. The van der Waals surface area contributed by atoms with Gasteiger partial charge in [0.15, 0.2) is 0 Å². The van der Waals surface area contributed by atoms with Crippen LogP contribution >= 0.6 is 0 Å². The summed E-state index contributed by atoms with van der Waals surface area (Å²) >= 11 is 0. The van der Waals surface area contributed by atoms with Crippen molar-refractivity contribution in [3.63, 3.8) is 0 Å². The molecule has 3 rings (SSSR count). The molecule has 3 aliphatic rings. The van der Waals surface area contributed by atoms with E-state index in [-0.39, 0.29) is 17.9 Å². The molecule has 6 atom stereocenters. The molecule has 0 aromatic carbocycles. The highest BCUT2D eigenvalue weighted by atomic mass is 16.5. The second kappa shape index (κ2) is 5.41. The largest absolute Gasteiger partial charge is 0.378 e. The molecule has 19 heavy (non-hydrogen) atoms. The molecule has 0 spiro atoms. The zero-order valence-electron chi connectivity index (χ0n) is 11.8. The Morgan fingerprint density at radius 1 is 1.32 bits per heavy atom. The summed E-state index contributed by atoms with van der Waals surface area (Å²) in [4.78, 5) is 12.4. The standard InChI is InChI=1S/C15H26N2O2/c1-2-12-11(5-6-19-12)8-17-15(18)13-9-3-4-10(7-9)14(13)16/h9-14H,2-8,16H2,1H3,(H,17,18). The van der Waals surface area contributed by atoms with Crippen molar-refractivity contribution in [2.75, 3.05) is 13.2 Å². The van der Waals surface area contributed by atoms with Crippen LogP contribution in [0, 0.1) is 23.7 Å². The molecule has 2 saturated carbocycles. The number of nitrogens with two attached hydrogens (primary N) is 1. The number of carbonyl (C=O) groups excluding carboxylic acids is 1. The van der Waals surface area contributed by atoms with E-state index in [2.05, 4.69) is 12.2 Å². The number of ether oxygens (including phenoxy) is 1. The summed E-state index contributed by atoms with van der Waals surface area (Å²) in [5.74, 6) is 1.90. The van der Waals surface area contributed by atoms with Gasteiger partial charge in [0.1, 0.15) is 0 Å². The van der Waals surface area contributed by atoms with Crippen LogP contribution in [0.3, 0.4) is 0 Å². The van der Waals surface area contributed by atoms with Crippen LogP contribution in [-0.2, 0) is 9.53 Å². The Morgan fingerprint density at radius 3 is 2.79 bits per heavy atom. The van der Waals surface area contributed by atoms with Crippen LogP contribution in [0.1, 0.15) is 39.0 Å². The summed E-state index contributed by atoms with van der Waals surface area (Å²) in [6, 6.07) is 0.0977. The van der Waals surface area contributed by atoms with E-state index in [4.69, 9.17) is 10.5 Å². The molecule has 4 nitrogen and oxygen atoms in total. The van der Waals surface area contributed by atoms with Gasteiger partial charge in [0.05, 0.1) is 12.0 Å². The molecule has 2 bridgehead atoms. The molecular formula is C15H26N2O2. The first-order valence-electron chi connectivity index (χ1n) is 7.85. The van der Waals surface area contributed by atoms with Crippen LogP contribution in [0.25, 0.3) is 0 Å². The molecule has 108 valence electrons. The predicted molar refractivity (Wildman–Crippen MR) is 73.4 cm³/mol. The van der Waals surface area contributed by atoms with Crippen molar-refractivity contribution < 1.29 is 9.53 Å². The second-order valence-corrected chi connectivity index (χ2v) is 6.55. The first kappa shape index (κ1) is 13.4. The van der Waals surface area contributed by atoms with Gasteiger partial charge in [0.25, 0.3) is 0 Å². The third-order valence-electron chi connectivity index (χ3n) is 5.57. The highest BCUT2D eigenvalue weighted by molar-refractivity contribution is 5.80. The maximum Gasteiger partial charge on any atom is 0.224 e. The lowest BCUT2D eigenvalue weighted by atomic mass is 9.84. The summed E-state index contributed by atoms with van der Waals surface area (Å²) in [6.07, 6.45) is 6.03. The molecule has 6 unspecified atom stereocenters. The van der Waals surface area contributed by atoms with Gasteiger partial charge in [-0.3, -0.25) is 4.79 Å². The minimum absolute atomic E-state index is 0.0705. The van der Waals surface area contributed by atoms with E-state index in [0.29, 0.717) is 23.9 Å². The summed E-state index contributed by atoms with van der Waals surface area (Å²) in [6.45, 7) is 3.75. The van der Waals surface area contributed by atoms with Gasteiger partial charge in [-0.15, -0.1) is 0 Å². The van der Waals surface area contributed by atoms with E-state index in [1.54, 1.807) is 0 Å². The van der Waals surface area contributed by atoms with Crippen LogP contribution < -0.4 is 11.1 Å². The number of carbonyl (C=O) groups is 1. The number of hydrogen-bond acceptors (Lipinski definition) is 3. The normalized spacial score (nSPS) is 44.7. The third-order valence-corrected chi connectivity index (χ3v) is 5.57. The van der Waals surface area contributed by atoms with Crippen molar-refractivity contribution in [2.24, 2.45) is 29.4 Å². The van der Waals surface area contributed by atoms with Gasteiger partial charge in [-0.05, 0) is 43.9 Å². The Bertz CT molecular complexity index is 345. The maximum atomic E-state index is 12.4. The van der Waals surface area contributed by atoms with Crippen molar-refractivity contribution in [1.29, 1.82) is 0 Å². The molecule has 1 aliphatic heterocycles. The Balaban J connectivity index is 1.52. The zero-order chi connectivity index (χ0) is 13.4. The van der Waals surface area contributed by atoms with E-state index in [9.17, 15) is 4.79 Å². The predicted octanol–water partition coefficient (Wildman–Crippen LogP) is 1.29. The van der Waals surface area contributed by atoms with Crippen molar-refractivity contribution >= 4 is 5.91 Å². The lowest BCUT2D eigenvalue weighted by molar-refractivity contribution is -0.127. The molecule has 1 saturated heterocycles. The Morgan fingerprint density at radius 2 is 2.11 bits per heavy atom. The molecule has 1 heterocycles. The van der Waals surface area contributed by atoms with Crippen LogP contribution in [0.5, 0.6) is 0 Å². The molecule has 3 fully saturated rings. The SMILES string of the molecule is CCC1OCCC1CNC(=O)C1C2CCC(C2)C1N. The van der Waals surface area contributed by atoms with Gasteiger partial charge in [-0.25, -0.2) is 0 Å². The van der Waals surface area contributed by atoms with Crippen LogP contribution in [0.15, 0.2) is 0 Å². The quantitative estimate of drug-likeness (QED) is 0.806. The summed E-state index contributed by atoms with van der Waals surface area (Å²) in [5.41, 5.74) is 6.22. The number of nitrogens with one attached hydrogen (secondary N) is 1. The van der Waals surface area contributed by atoms with Gasteiger partial charge in [-0.2, -0.15) is 0 Å². The fourth-order valence-electron chi connectivity index (χ4n) is 4.45. The van der Waals surface area contributed by atoms with E-state index in [0.717, 1.165) is 26.0 Å². The molecule has 0 aromatic rings. The van der Waals surface area contributed by atoms with E-state index in [1.807, 2.05) is 0 Å². The minimum atomic E-state index is 0.0705. The van der Waals surface area contributed by atoms with E-state index >= 15 is 0 Å². The van der Waals surface area contributed by atoms with Crippen molar-refractivity contribution in [2.45, 2.75) is 51.2 Å². The first-order chi connectivity index (χ1) is 9.20. The number of amides is 1. The van der Waals surface area contributed by atoms with Crippen LogP contribution in [0.2, 0.25) is 0 Å². The second-order valence-electron chi connectivity index (χ2n) is 6.55. The highest BCUT2D eigenvalue weighted by Gasteiger charge is 2.49. The van der Waals surface area contributed by atoms with Gasteiger partial charge < -0.3 is 15.8 Å². The number of rotatable bonds is 4. The average Bonchev–Trinajstić information content (AvgIpc) is 3.10. The summed E-state index contributed by atoms with van der Waals surface area (Å²) < 4.78 is 5.67. The first-order valence-corrected chi connectivity index (χ1v) is 7.85. The smallest absolute Gasteiger partial charge is 0.224 e. The Labute approximate surface area is 115 Å². The lowest BCUT2D eigenvalue weighted by Crippen LogP contribution is -2.46. The van der Waals surface area contributed by atoms with Gasteiger partial charge in [0, 0.05) is 25.1 Å². The van der Waals surface area contributed by atoms with Crippen molar-refractivity contribution in [1.82, 2.24) is 5.32 Å². The minimum Gasteiger partial charge on any atom is -0.378 e. The Kier molecular flexibility index (Phi) is 3.81. The van der Waals surface area contributed by atoms with Crippen molar-refractivity contribution in [3.8, 4) is 0 Å². The summed E-state index contributed by atoms with van der Waals surface area (Å²) in [5, 5.41) is 3.15. The van der Waals surface area contributed by atoms with E-state index < -0.39 is 0 Å². The molecule has 0 aromatic heterocycles. The number of hydrogen-bond donors (Lipinski definition) is 2. The lowest BCUT2D eigenvalue weighted by Gasteiger charge is -2.28. The molecule has 0 radical (unpaired) electrons. The van der Waals surface area contributed by atoms with E-state index in [1.165, 1.54) is 19.3 Å². The third kappa shape index (κ3) is 2.40.